The summed E-state index contributed by atoms with van der Waals surface area (Å²) in [5.74, 6) is 0.186. The van der Waals surface area contributed by atoms with Gasteiger partial charge < -0.3 is 4.90 Å². The van der Waals surface area contributed by atoms with E-state index in [0.717, 1.165) is 22.2 Å². The fourth-order valence-corrected chi connectivity index (χ4v) is 3.13. The molecule has 17 heavy (non-hydrogen) atoms. The van der Waals surface area contributed by atoms with E-state index in [9.17, 15) is 4.79 Å². The zero-order chi connectivity index (χ0) is 12.6. The Morgan fingerprint density at radius 3 is 2.82 bits per heavy atom. The van der Waals surface area contributed by atoms with Crippen LogP contribution in [0.3, 0.4) is 0 Å². The lowest BCUT2D eigenvalue weighted by atomic mass is 10.0. The van der Waals surface area contributed by atoms with Crippen molar-refractivity contribution in [2.45, 2.75) is 17.3 Å². The first-order valence-corrected chi connectivity index (χ1v) is 7.43. The molecule has 0 aliphatic carbocycles. The molecule has 2 rings (SSSR count). The number of halogens is 2. The number of benzene rings is 1. The fourth-order valence-electron chi connectivity index (χ4n) is 1.99. The first-order chi connectivity index (χ1) is 8.00. The maximum atomic E-state index is 12.0. The van der Waals surface area contributed by atoms with Gasteiger partial charge in [-0.25, -0.2) is 0 Å². The second kappa shape index (κ2) is 5.10. The SMILES string of the molecule is Cc1cc(Br)ccc1C1=CCC(I)C(=O)N1C. The number of amides is 1. The predicted octanol–water partition coefficient (Wildman–Crippen LogP) is 3.76. The largest absolute Gasteiger partial charge is 0.314 e. The third-order valence-corrected chi connectivity index (χ3v) is 4.48. The van der Waals surface area contributed by atoms with Gasteiger partial charge in [-0.3, -0.25) is 4.79 Å². The molecule has 1 aromatic carbocycles. The first-order valence-electron chi connectivity index (χ1n) is 5.39. The van der Waals surface area contributed by atoms with Crippen LogP contribution in [0.5, 0.6) is 0 Å². The second-order valence-corrected chi connectivity index (χ2v) is 6.57. The summed E-state index contributed by atoms with van der Waals surface area (Å²) in [6.07, 6.45) is 2.96. The minimum atomic E-state index is 0.0668. The summed E-state index contributed by atoms with van der Waals surface area (Å²) in [4.78, 5) is 13.7. The average Bonchev–Trinajstić information content (AvgIpc) is 2.28. The van der Waals surface area contributed by atoms with Crippen molar-refractivity contribution in [3.63, 3.8) is 0 Å². The number of alkyl halides is 1. The molecule has 0 saturated heterocycles. The van der Waals surface area contributed by atoms with E-state index < -0.39 is 0 Å². The molecular weight excluding hydrogens is 393 g/mol. The van der Waals surface area contributed by atoms with Gasteiger partial charge in [0.2, 0.25) is 5.91 Å². The Morgan fingerprint density at radius 2 is 2.18 bits per heavy atom. The monoisotopic (exact) mass is 405 g/mol. The number of aryl methyl sites for hydroxylation is 1. The van der Waals surface area contributed by atoms with Crippen LogP contribution in [0.25, 0.3) is 5.70 Å². The number of nitrogens with zero attached hydrogens (tertiary/aromatic N) is 1. The Labute approximate surface area is 123 Å². The summed E-state index contributed by atoms with van der Waals surface area (Å²) in [6, 6.07) is 6.14. The minimum Gasteiger partial charge on any atom is -0.314 e. The van der Waals surface area contributed by atoms with Crippen molar-refractivity contribution in [2.24, 2.45) is 0 Å². The van der Waals surface area contributed by atoms with Crippen LogP contribution in [0.1, 0.15) is 17.5 Å². The number of rotatable bonds is 1. The van der Waals surface area contributed by atoms with E-state index in [-0.39, 0.29) is 9.83 Å². The molecule has 1 atom stereocenters. The van der Waals surface area contributed by atoms with Gasteiger partial charge in [0.15, 0.2) is 0 Å². The number of carbonyl (C=O) groups excluding carboxylic acids is 1. The van der Waals surface area contributed by atoms with Crippen molar-refractivity contribution in [2.75, 3.05) is 7.05 Å². The standard InChI is InChI=1S/C13H13BrINO/c1-8-7-9(14)3-4-10(8)12-6-5-11(15)13(17)16(12)2/h3-4,6-7,11H,5H2,1-2H3. The van der Waals surface area contributed by atoms with Crippen LogP contribution in [-0.4, -0.2) is 21.8 Å². The minimum absolute atomic E-state index is 0.0668. The lowest BCUT2D eigenvalue weighted by Gasteiger charge is -2.28. The molecule has 1 aliphatic heterocycles. The lowest BCUT2D eigenvalue weighted by Crippen LogP contribution is -2.35. The molecular formula is C13H13BrINO. The highest BCUT2D eigenvalue weighted by atomic mass is 127. The van der Waals surface area contributed by atoms with Gasteiger partial charge in [-0.05, 0) is 31.0 Å². The van der Waals surface area contributed by atoms with Gasteiger partial charge in [0.25, 0.3) is 0 Å². The van der Waals surface area contributed by atoms with E-state index in [0.29, 0.717) is 0 Å². The molecule has 0 bridgehead atoms. The Balaban J connectivity index is 2.43. The molecule has 1 unspecified atom stereocenters. The average molecular weight is 406 g/mol. The lowest BCUT2D eigenvalue weighted by molar-refractivity contribution is -0.126. The van der Waals surface area contributed by atoms with Gasteiger partial charge in [0, 0.05) is 22.8 Å². The summed E-state index contributed by atoms with van der Waals surface area (Å²) in [5, 5.41) is 0. The van der Waals surface area contributed by atoms with Gasteiger partial charge in [0.1, 0.15) is 0 Å². The van der Waals surface area contributed by atoms with Crippen molar-refractivity contribution in [3.8, 4) is 0 Å². The molecule has 2 nitrogen and oxygen atoms in total. The van der Waals surface area contributed by atoms with E-state index >= 15 is 0 Å². The van der Waals surface area contributed by atoms with Crippen LogP contribution < -0.4 is 0 Å². The highest BCUT2D eigenvalue weighted by Gasteiger charge is 2.26. The summed E-state index contributed by atoms with van der Waals surface area (Å²) >= 11 is 5.65. The third kappa shape index (κ3) is 2.57. The van der Waals surface area contributed by atoms with Crippen LogP contribution in [0.4, 0.5) is 0 Å². The van der Waals surface area contributed by atoms with Gasteiger partial charge in [-0.15, -0.1) is 0 Å². The maximum absolute atomic E-state index is 12.0. The molecule has 1 aliphatic rings. The smallest absolute Gasteiger partial charge is 0.240 e. The van der Waals surface area contributed by atoms with Crippen LogP contribution in [-0.2, 0) is 4.79 Å². The van der Waals surface area contributed by atoms with Gasteiger partial charge >= 0.3 is 0 Å². The first kappa shape index (κ1) is 13.1. The normalized spacial score (nSPS) is 20.5. The van der Waals surface area contributed by atoms with E-state index in [2.05, 4.69) is 63.7 Å². The topological polar surface area (TPSA) is 20.3 Å². The molecule has 0 aromatic heterocycles. The number of carbonyl (C=O) groups is 1. The Bertz CT molecular complexity index is 498. The molecule has 0 N–H and O–H groups in total. The zero-order valence-corrected chi connectivity index (χ0v) is 13.4. The molecule has 90 valence electrons. The van der Waals surface area contributed by atoms with Crippen molar-refractivity contribution >= 4 is 50.1 Å². The van der Waals surface area contributed by atoms with Crippen LogP contribution in [0, 0.1) is 6.92 Å². The highest BCUT2D eigenvalue weighted by molar-refractivity contribution is 14.1. The van der Waals surface area contributed by atoms with Crippen LogP contribution >= 0.6 is 38.5 Å². The molecule has 0 radical (unpaired) electrons. The van der Waals surface area contributed by atoms with Crippen molar-refractivity contribution in [1.29, 1.82) is 0 Å². The van der Waals surface area contributed by atoms with Crippen molar-refractivity contribution < 1.29 is 4.79 Å². The van der Waals surface area contributed by atoms with Gasteiger partial charge in [-0.1, -0.05) is 50.7 Å². The van der Waals surface area contributed by atoms with Gasteiger partial charge in [0.05, 0.1) is 3.92 Å². The van der Waals surface area contributed by atoms with E-state index in [4.69, 9.17) is 0 Å². The molecule has 1 amide bonds. The quantitative estimate of drug-likeness (QED) is 0.514. The van der Waals surface area contributed by atoms with Crippen molar-refractivity contribution in [3.05, 3.63) is 39.9 Å². The van der Waals surface area contributed by atoms with Crippen LogP contribution in [0.15, 0.2) is 28.7 Å². The van der Waals surface area contributed by atoms with Gasteiger partial charge in [-0.2, -0.15) is 0 Å². The maximum Gasteiger partial charge on any atom is 0.240 e. The summed E-state index contributed by atoms with van der Waals surface area (Å²) in [7, 11) is 1.85. The summed E-state index contributed by atoms with van der Waals surface area (Å²) < 4.78 is 1.13. The molecule has 1 heterocycles. The number of hydrogen-bond donors (Lipinski definition) is 0. The number of allylic oxidation sites excluding steroid dienone is 1. The van der Waals surface area contributed by atoms with E-state index in [1.807, 2.05) is 13.1 Å². The fraction of sp³-hybridized carbons (Fsp3) is 0.308. The Kier molecular flexibility index (Phi) is 3.92. The molecule has 0 saturated carbocycles. The van der Waals surface area contributed by atoms with E-state index in [1.54, 1.807) is 4.90 Å². The molecule has 1 aromatic rings. The predicted molar refractivity (Wildman–Crippen MR) is 82.1 cm³/mol. The highest BCUT2D eigenvalue weighted by Crippen LogP contribution is 2.30. The molecule has 0 fully saturated rings. The summed E-state index contributed by atoms with van der Waals surface area (Å²) in [6.45, 7) is 2.06. The third-order valence-electron chi connectivity index (χ3n) is 2.94. The second-order valence-electron chi connectivity index (χ2n) is 4.15. The molecule has 0 spiro atoms. The Morgan fingerprint density at radius 1 is 1.47 bits per heavy atom. The number of hydrogen-bond acceptors (Lipinski definition) is 1. The zero-order valence-electron chi connectivity index (χ0n) is 9.71. The Hall–Kier alpha value is -0.360. The van der Waals surface area contributed by atoms with Crippen molar-refractivity contribution in [1.82, 2.24) is 4.90 Å². The molecule has 4 heteroatoms. The van der Waals surface area contributed by atoms with E-state index in [1.165, 1.54) is 5.56 Å². The van der Waals surface area contributed by atoms with Crippen LogP contribution in [0.2, 0.25) is 0 Å². The summed E-state index contributed by atoms with van der Waals surface area (Å²) in [5.41, 5.74) is 3.33.